The summed E-state index contributed by atoms with van der Waals surface area (Å²) in [6.45, 7) is 0. The predicted octanol–water partition coefficient (Wildman–Crippen LogP) is 3.72. The van der Waals surface area contributed by atoms with Crippen LogP contribution in [-0.4, -0.2) is 15.5 Å². The van der Waals surface area contributed by atoms with Gasteiger partial charge in [0.05, 0.1) is 24.5 Å². The number of rotatable bonds is 5. The summed E-state index contributed by atoms with van der Waals surface area (Å²) < 4.78 is 32.9. The Morgan fingerprint density at radius 3 is 2.36 bits per heavy atom. The molecule has 0 amide bonds. The first-order valence-electron chi connectivity index (χ1n) is 7.58. The highest BCUT2D eigenvalue weighted by molar-refractivity contribution is 7.92. The molecule has 0 fully saturated rings. The molecule has 0 saturated heterocycles. The SMILES string of the molecule is COc1ccc2cc(S(=O)(=O)Nc3ccc(CC#N)cc3)ccc2c1. The van der Waals surface area contributed by atoms with Crippen LogP contribution >= 0.6 is 0 Å². The van der Waals surface area contributed by atoms with Crippen molar-refractivity contribution in [2.45, 2.75) is 11.3 Å². The monoisotopic (exact) mass is 352 g/mol. The summed E-state index contributed by atoms with van der Waals surface area (Å²) in [5.74, 6) is 0.721. The first-order chi connectivity index (χ1) is 12.0. The number of ether oxygens (including phenoxy) is 1. The molecule has 25 heavy (non-hydrogen) atoms. The number of benzene rings is 3. The molecule has 0 saturated carbocycles. The molecule has 1 N–H and O–H groups in total. The van der Waals surface area contributed by atoms with Crippen molar-refractivity contribution < 1.29 is 13.2 Å². The highest BCUT2D eigenvalue weighted by atomic mass is 32.2. The van der Waals surface area contributed by atoms with Gasteiger partial charge in [-0.2, -0.15) is 5.26 Å². The van der Waals surface area contributed by atoms with E-state index in [4.69, 9.17) is 10.00 Å². The van der Waals surface area contributed by atoms with E-state index < -0.39 is 10.0 Å². The van der Waals surface area contributed by atoms with Crippen molar-refractivity contribution in [3.63, 3.8) is 0 Å². The number of nitrogens with zero attached hydrogens (tertiary/aromatic N) is 1. The zero-order chi connectivity index (χ0) is 17.9. The van der Waals surface area contributed by atoms with Gasteiger partial charge in [-0.25, -0.2) is 8.42 Å². The minimum absolute atomic E-state index is 0.186. The molecule has 0 aliphatic rings. The van der Waals surface area contributed by atoms with E-state index >= 15 is 0 Å². The van der Waals surface area contributed by atoms with E-state index in [0.717, 1.165) is 22.1 Å². The standard InChI is InChI=1S/C19H16N2O3S/c1-24-18-8-4-16-13-19(9-5-15(16)12-18)25(22,23)21-17-6-2-14(3-7-17)10-11-20/h2-9,12-13,21H,10H2,1H3. The molecule has 6 heteroatoms. The van der Waals surface area contributed by atoms with Crippen molar-refractivity contribution in [3.8, 4) is 11.8 Å². The third-order valence-corrected chi connectivity index (χ3v) is 5.20. The lowest BCUT2D eigenvalue weighted by Gasteiger charge is -2.10. The molecule has 3 aromatic rings. The minimum atomic E-state index is -3.69. The van der Waals surface area contributed by atoms with Crippen molar-refractivity contribution in [2.75, 3.05) is 11.8 Å². The summed E-state index contributed by atoms with van der Waals surface area (Å²) in [4.78, 5) is 0.186. The van der Waals surface area contributed by atoms with E-state index in [9.17, 15) is 8.42 Å². The molecule has 5 nitrogen and oxygen atoms in total. The minimum Gasteiger partial charge on any atom is -0.497 e. The molecule has 0 bridgehead atoms. The first kappa shape index (κ1) is 16.8. The van der Waals surface area contributed by atoms with Gasteiger partial charge in [-0.1, -0.05) is 24.3 Å². The van der Waals surface area contributed by atoms with Gasteiger partial charge in [-0.3, -0.25) is 4.72 Å². The van der Waals surface area contributed by atoms with Crippen LogP contribution in [0.4, 0.5) is 5.69 Å². The van der Waals surface area contributed by atoms with Crippen LogP contribution in [0.25, 0.3) is 10.8 Å². The van der Waals surface area contributed by atoms with Crippen LogP contribution < -0.4 is 9.46 Å². The third-order valence-electron chi connectivity index (χ3n) is 3.82. The number of methoxy groups -OCH3 is 1. The molecule has 0 atom stereocenters. The van der Waals surface area contributed by atoms with Gasteiger partial charge in [-0.15, -0.1) is 0 Å². The van der Waals surface area contributed by atoms with Crippen molar-refractivity contribution in [1.29, 1.82) is 5.26 Å². The quantitative estimate of drug-likeness (QED) is 0.759. The van der Waals surface area contributed by atoms with Crippen LogP contribution in [0, 0.1) is 11.3 Å². The summed E-state index contributed by atoms with van der Waals surface area (Å²) in [5.41, 5.74) is 1.29. The number of nitrogens with one attached hydrogen (secondary N) is 1. The number of hydrogen-bond donors (Lipinski definition) is 1. The Morgan fingerprint density at radius 1 is 1.00 bits per heavy atom. The maximum atomic E-state index is 12.6. The lowest BCUT2D eigenvalue weighted by Crippen LogP contribution is -2.12. The Balaban J connectivity index is 1.88. The molecule has 3 rings (SSSR count). The van der Waals surface area contributed by atoms with Gasteiger partial charge in [0.2, 0.25) is 0 Å². The van der Waals surface area contributed by atoms with Crippen molar-refractivity contribution in [3.05, 3.63) is 66.2 Å². The molecular formula is C19H16N2O3S. The Kier molecular flexibility index (Phi) is 4.59. The second-order valence-corrected chi connectivity index (χ2v) is 7.19. The summed E-state index contributed by atoms with van der Waals surface area (Å²) in [7, 11) is -2.10. The van der Waals surface area contributed by atoms with E-state index in [-0.39, 0.29) is 4.90 Å². The van der Waals surface area contributed by atoms with Crippen LogP contribution in [0.2, 0.25) is 0 Å². The van der Waals surface area contributed by atoms with Crippen LogP contribution in [0.1, 0.15) is 5.56 Å². The van der Waals surface area contributed by atoms with Crippen LogP contribution in [0.5, 0.6) is 5.75 Å². The van der Waals surface area contributed by atoms with Gasteiger partial charge < -0.3 is 4.74 Å². The van der Waals surface area contributed by atoms with Gasteiger partial charge in [0, 0.05) is 5.69 Å². The van der Waals surface area contributed by atoms with E-state index in [2.05, 4.69) is 10.8 Å². The number of anilines is 1. The van der Waals surface area contributed by atoms with E-state index in [0.29, 0.717) is 12.1 Å². The lowest BCUT2D eigenvalue weighted by atomic mass is 10.1. The summed E-state index contributed by atoms with van der Waals surface area (Å²) in [5, 5.41) is 10.4. The summed E-state index contributed by atoms with van der Waals surface area (Å²) in [6.07, 6.45) is 0.293. The number of nitriles is 1. The summed E-state index contributed by atoms with van der Waals surface area (Å²) in [6, 6.07) is 19.2. The fourth-order valence-electron chi connectivity index (χ4n) is 2.49. The van der Waals surface area contributed by atoms with Crippen molar-refractivity contribution in [1.82, 2.24) is 0 Å². The lowest BCUT2D eigenvalue weighted by molar-refractivity contribution is 0.415. The van der Waals surface area contributed by atoms with Gasteiger partial charge in [0.15, 0.2) is 0 Å². The molecule has 0 spiro atoms. The fraction of sp³-hybridized carbons (Fsp3) is 0.105. The second-order valence-electron chi connectivity index (χ2n) is 5.51. The zero-order valence-corrected chi connectivity index (χ0v) is 14.4. The number of sulfonamides is 1. The highest BCUT2D eigenvalue weighted by Gasteiger charge is 2.15. The predicted molar refractivity (Wildman–Crippen MR) is 97.1 cm³/mol. The van der Waals surface area contributed by atoms with Gasteiger partial charge in [0.25, 0.3) is 10.0 Å². The van der Waals surface area contributed by atoms with Crippen molar-refractivity contribution >= 4 is 26.5 Å². The Labute approximate surface area is 146 Å². The van der Waals surface area contributed by atoms with Crippen LogP contribution in [0.3, 0.4) is 0 Å². The molecule has 126 valence electrons. The number of fused-ring (bicyclic) bond motifs is 1. The number of hydrogen-bond acceptors (Lipinski definition) is 4. The first-order valence-corrected chi connectivity index (χ1v) is 9.07. The second kappa shape index (κ2) is 6.83. The molecular weight excluding hydrogens is 336 g/mol. The van der Waals surface area contributed by atoms with Gasteiger partial charge >= 0.3 is 0 Å². The Bertz CT molecular complexity index is 1050. The molecule has 0 radical (unpaired) electrons. The van der Waals surface area contributed by atoms with E-state index in [1.807, 2.05) is 12.1 Å². The molecule has 0 unspecified atom stereocenters. The smallest absolute Gasteiger partial charge is 0.261 e. The Morgan fingerprint density at radius 2 is 1.68 bits per heavy atom. The molecule has 0 aliphatic heterocycles. The maximum Gasteiger partial charge on any atom is 0.261 e. The zero-order valence-electron chi connectivity index (χ0n) is 13.6. The third kappa shape index (κ3) is 3.73. The van der Waals surface area contributed by atoms with Gasteiger partial charge in [-0.05, 0) is 52.7 Å². The molecule has 0 aliphatic carbocycles. The van der Waals surface area contributed by atoms with E-state index in [1.165, 1.54) is 0 Å². The summed E-state index contributed by atoms with van der Waals surface area (Å²) >= 11 is 0. The van der Waals surface area contributed by atoms with Gasteiger partial charge in [0.1, 0.15) is 5.75 Å². The van der Waals surface area contributed by atoms with Crippen LogP contribution in [-0.2, 0) is 16.4 Å². The van der Waals surface area contributed by atoms with E-state index in [1.54, 1.807) is 55.6 Å². The molecule has 3 aromatic carbocycles. The average Bonchev–Trinajstić information content (AvgIpc) is 2.62. The topological polar surface area (TPSA) is 79.2 Å². The molecule has 0 heterocycles. The largest absolute Gasteiger partial charge is 0.497 e. The van der Waals surface area contributed by atoms with Crippen LogP contribution in [0.15, 0.2) is 65.6 Å². The van der Waals surface area contributed by atoms with Crippen molar-refractivity contribution in [2.24, 2.45) is 0 Å². The molecule has 0 aromatic heterocycles. The maximum absolute atomic E-state index is 12.6. The average molecular weight is 352 g/mol. The Hall–Kier alpha value is -3.04. The fourth-order valence-corrected chi connectivity index (χ4v) is 3.59. The highest BCUT2D eigenvalue weighted by Crippen LogP contribution is 2.25. The normalized spacial score (nSPS) is 11.0.